The molecule has 1 saturated heterocycles. The van der Waals surface area contributed by atoms with E-state index < -0.39 is 17.7 Å². The number of rotatable bonds is 3. The summed E-state index contributed by atoms with van der Waals surface area (Å²) < 4.78 is 54.7. The molecule has 0 spiro atoms. The number of alkyl halides is 3. The van der Waals surface area contributed by atoms with Gasteiger partial charge in [-0.05, 0) is 55.2 Å². The van der Waals surface area contributed by atoms with E-state index in [0.717, 1.165) is 43.9 Å². The summed E-state index contributed by atoms with van der Waals surface area (Å²) in [6.45, 7) is 1.46. The second kappa shape index (κ2) is 9.12. The lowest BCUT2D eigenvalue weighted by atomic mass is 9.82. The highest BCUT2D eigenvalue weighted by atomic mass is 19.4. The van der Waals surface area contributed by atoms with Crippen LogP contribution in [-0.2, 0) is 17.4 Å². The predicted molar refractivity (Wildman–Crippen MR) is 123 cm³/mol. The Bertz CT molecular complexity index is 1050. The van der Waals surface area contributed by atoms with Crippen molar-refractivity contribution in [3.63, 3.8) is 0 Å². The molecule has 2 fully saturated rings. The summed E-state index contributed by atoms with van der Waals surface area (Å²) in [6, 6.07) is 10.3. The first-order valence-electron chi connectivity index (χ1n) is 12.1. The Kier molecular flexibility index (Phi) is 6.16. The monoisotopic (exact) mass is 475 g/mol. The molecule has 34 heavy (non-hydrogen) atoms. The number of benzene rings is 2. The number of nitrogens with one attached hydrogen (secondary N) is 1. The van der Waals surface area contributed by atoms with Gasteiger partial charge in [0.15, 0.2) is 0 Å². The number of hydrogen-bond donors (Lipinski definition) is 1. The lowest BCUT2D eigenvalue weighted by Crippen LogP contribution is -2.62. The molecule has 8 heteroatoms. The molecule has 1 saturated carbocycles. The molecule has 2 aromatic carbocycles. The summed E-state index contributed by atoms with van der Waals surface area (Å²) in [5, 5.41) is 3.18. The van der Waals surface area contributed by atoms with E-state index >= 15 is 0 Å². The lowest BCUT2D eigenvalue weighted by Gasteiger charge is -2.50. The third-order valence-corrected chi connectivity index (χ3v) is 7.52. The van der Waals surface area contributed by atoms with Crippen molar-refractivity contribution >= 4 is 17.3 Å². The second-order valence-corrected chi connectivity index (χ2v) is 9.65. The van der Waals surface area contributed by atoms with E-state index in [4.69, 9.17) is 0 Å². The number of para-hydroxylation sites is 1. The molecule has 0 radical (unpaired) electrons. The van der Waals surface area contributed by atoms with Gasteiger partial charge in [-0.3, -0.25) is 4.79 Å². The minimum atomic E-state index is -4.44. The Morgan fingerprint density at radius 3 is 2.47 bits per heavy atom. The zero-order chi connectivity index (χ0) is 23.9. The molecular formula is C26H29F4N3O. The van der Waals surface area contributed by atoms with Crippen molar-refractivity contribution in [1.82, 2.24) is 5.32 Å². The number of halogens is 4. The number of hydrogen-bond acceptors (Lipinski definition) is 3. The molecule has 3 aliphatic rings. The molecule has 182 valence electrons. The lowest BCUT2D eigenvalue weighted by molar-refractivity contribution is -0.137. The van der Waals surface area contributed by atoms with Crippen molar-refractivity contribution in [2.24, 2.45) is 5.92 Å². The maximum atomic E-state index is 14.5. The molecule has 0 unspecified atom stereocenters. The minimum Gasteiger partial charge on any atom is -0.365 e. The normalized spacial score (nSPS) is 23.3. The van der Waals surface area contributed by atoms with E-state index in [0.29, 0.717) is 30.9 Å². The summed E-state index contributed by atoms with van der Waals surface area (Å²) in [6.07, 6.45) is 0.983. The van der Waals surface area contributed by atoms with Crippen LogP contribution in [0.4, 0.5) is 28.9 Å². The molecule has 0 bridgehead atoms. The van der Waals surface area contributed by atoms with Crippen LogP contribution in [0, 0.1) is 11.7 Å². The van der Waals surface area contributed by atoms with Crippen LogP contribution in [0.3, 0.4) is 0 Å². The predicted octanol–water partition coefficient (Wildman–Crippen LogP) is 5.16. The van der Waals surface area contributed by atoms with E-state index in [2.05, 4.69) is 10.2 Å². The molecule has 2 aromatic rings. The Labute approximate surface area is 196 Å². The Hall–Kier alpha value is -2.77. The zero-order valence-electron chi connectivity index (χ0n) is 19.0. The molecule has 5 rings (SSSR count). The summed E-state index contributed by atoms with van der Waals surface area (Å²) >= 11 is 0. The third kappa shape index (κ3) is 4.46. The smallest absolute Gasteiger partial charge is 0.365 e. The van der Waals surface area contributed by atoms with Gasteiger partial charge in [-0.15, -0.1) is 0 Å². The molecular weight excluding hydrogens is 446 g/mol. The van der Waals surface area contributed by atoms with Crippen molar-refractivity contribution < 1.29 is 22.4 Å². The number of anilines is 2. The SMILES string of the molecule is O=C(NC1CCCCC1)[C@H]1Cc2cc(C(F)(F)F)ccc2N2CCN(c3ccccc3F)C[C@@H]12. The van der Waals surface area contributed by atoms with Crippen molar-refractivity contribution in [2.75, 3.05) is 29.4 Å². The average molecular weight is 476 g/mol. The van der Waals surface area contributed by atoms with Crippen LogP contribution < -0.4 is 15.1 Å². The van der Waals surface area contributed by atoms with Gasteiger partial charge in [0, 0.05) is 31.4 Å². The van der Waals surface area contributed by atoms with Gasteiger partial charge in [0.2, 0.25) is 5.91 Å². The Morgan fingerprint density at radius 2 is 1.74 bits per heavy atom. The fraction of sp³-hybridized carbons (Fsp3) is 0.500. The van der Waals surface area contributed by atoms with E-state index in [1.165, 1.54) is 18.2 Å². The number of nitrogens with zero attached hydrogens (tertiary/aromatic N) is 2. The van der Waals surface area contributed by atoms with Gasteiger partial charge >= 0.3 is 6.18 Å². The number of carbonyl (C=O) groups excluding carboxylic acids is 1. The van der Waals surface area contributed by atoms with E-state index in [1.807, 2.05) is 4.90 Å². The fourth-order valence-electron chi connectivity index (χ4n) is 5.78. The zero-order valence-corrected chi connectivity index (χ0v) is 19.0. The van der Waals surface area contributed by atoms with E-state index in [1.54, 1.807) is 18.2 Å². The van der Waals surface area contributed by atoms with Crippen LogP contribution in [0.2, 0.25) is 0 Å². The first-order chi connectivity index (χ1) is 16.3. The number of piperazine rings is 1. The number of amides is 1. The first-order valence-corrected chi connectivity index (χ1v) is 12.1. The molecule has 1 N–H and O–H groups in total. The highest BCUT2D eigenvalue weighted by Gasteiger charge is 2.43. The molecule has 1 amide bonds. The topological polar surface area (TPSA) is 35.6 Å². The van der Waals surface area contributed by atoms with Gasteiger partial charge in [0.05, 0.1) is 23.2 Å². The second-order valence-electron chi connectivity index (χ2n) is 9.65. The van der Waals surface area contributed by atoms with Crippen molar-refractivity contribution in [2.45, 2.75) is 56.8 Å². The van der Waals surface area contributed by atoms with Crippen LogP contribution in [0.15, 0.2) is 42.5 Å². The summed E-state index contributed by atoms with van der Waals surface area (Å²) in [5.41, 5.74) is 1.09. The van der Waals surface area contributed by atoms with Crippen LogP contribution in [0.5, 0.6) is 0 Å². The molecule has 2 heterocycles. The van der Waals surface area contributed by atoms with Crippen molar-refractivity contribution in [3.8, 4) is 0 Å². The van der Waals surface area contributed by atoms with Gasteiger partial charge in [-0.25, -0.2) is 4.39 Å². The molecule has 0 aromatic heterocycles. The fourth-order valence-corrected chi connectivity index (χ4v) is 5.78. The van der Waals surface area contributed by atoms with Crippen molar-refractivity contribution in [1.29, 1.82) is 0 Å². The minimum absolute atomic E-state index is 0.111. The van der Waals surface area contributed by atoms with Gasteiger partial charge in [-0.1, -0.05) is 31.4 Å². The Morgan fingerprint density at radius 1 is 0.971 bits per heavy atom. The van der Waals surface area contributed by atoms with Crippen LogP contribution in [0.1, 0.15) is 43.2 Å². The highest BCUT2D eigenvalue weighted by Crippen LogP contribution is 2.40. The first kappa shape index (κ1) is 23.0. The van der Waals surface area contributed by atoms with Crippen LogP contribution >= 0.6 is 0 Å². The van der Waals surface area contributed by atoms with Gasteiger partial charge in [0.25, 0.3) is 0 Å². The van der Waals surface area contributed by atoms with Gasteiger partial charge in [-0.2, -0.15) is 13.2 Å². The van der Waals surface area contributed by atoms with Crippen LogP contribution in [0.25, 0.3) is 0 Å². The van der Waals surface area contributed by atoms with Crippen LogP contribution in [-0.4, -0.2) is 37.6 Å². The third-order valence-electron chi connectivity index (χ3n) is 7.52. The summed E-state index contributed by atoms with van der Waals surface area (Å²) in [5.74, 6) is -0.932. The highest BCUT2D eigenvalue weighted by molar-refractivity contribution is 5.82. The maximum Gasteiger partial charge on any atom is 0.416 e. The number of carbonyl (C=O) groups is 1. The Balaban J connectivity index is 1.46. The number of fused-ring (bicyclic) bond motifs is 3. The maximum absolute atomic E-state index is 14.5. The van der Waals surface area contributed by atoms with Gasteiger partial charge < -0.3 is 15.1 Å². The standard InChI is InChI=1S/C26H29F4N3O/c27-21-8-4-5-9-23(21)32-12-13-33-22-11-10-18(26(28,29)30)14-17(22)15-20(24(33)16-32)25(34)31-19-6-2-1-3-7-19/h4-5,8-11,14,19-20,24H,1-3,6-7,12-13,15-16H2,(H,31,34)/t20-,24-/m0/s1. The summed E-state index contributed by atoms with van der Waals surface area (Å²) in [4.78, 5) is 17.5. The molecule has 2 aliphatic heterocycles. The quantitative estimate of drug-likeness (QED) is 0.623. The van der Waals surface area contributed by atoms with Gasteiger partial charge in [0.1, 0.15) is 5.82 Å². The van der Waals surface area contributed by atoms with E-state index in [9.17, 15) is 22.4 Å². The summed E-state index contributed by atoms with van der Waals surface area (Å²) in [7, 11) is 0. The molecule has 1 aliphatic carbocycles. The average Bonchev–Trinajstić information content (AvgIpc) is 2.83. The molecule has 4 nitrogen and oxygen atoms in total. The molecule has 2 atom stereocenters. The van der Waals surface area contributed by atoms with E-state index in [-0.39, 0.29) is 30.2 Å². The van der Waals surface area contributed by atoms with Crippen molar-refractivity contribution in [3.05, 3.63) is 59.4 Å². The largest absolute Gasteiger partial charge is 0.416 e.